The molecule has 2 unspecified atom stereocenters. The van der Waals surface area contributed by atoms with E-state index in [-0.39, 0.29) is 34.7 Å². The topological polar surface area (TPSA) is 88.2 Å². The summed E-state index contributed by atoms with van der Waals surface area (Å²) in [6.07, 6.45) is 4.15. The number of carbonyl (C=O) groups excluding carboxylic acids is 1. The molecule has 4 rings (SSSR count). The third-order valence-corrected chi connectivity index (χ3v) is 6.58. The van der Waals surface area contributed by atoms with Crippen molar-refractivity contribution in [2.24, 2.45) is 5.92 Å². The third-order valence-electron chi connectivity index (χ3n) is 5.16. The number of aromatic nitrogens is 1. The highest BCUT2D eigenvalue weighted by molar-refractivity contribution is 7.89. The smallest absolute Gasteiger partial charge is 0.240 e. The zero-order valence-electron chi connectivity index (χ0n) is 16.3. The molecular formula is C22H19F2N3O3S. The maximum Gasteiger partial charge on any atom is 0.240 e. The van der Waals surface area contributed by atoms with Gasteiger partial charge >= 0.3 is 0 Å². The Balaban J connectivity index is 1.35. The molecule has 1 aliphatic rings. The van der Waals surface area contributed by atoms with E-state index in [4.69, 9.17) is 0 Å². The van der Waals surface area contributed by atoms with Gasteiger partial charge in [0.2, 0.25) is 15.9 Å². The molecule has 6 nitrogen and oxygen atoms in total. The fraction of sp³-hybridized carbons (Fsp3) is 0.182. The number of hydrogen-bond acceptors (Lipinski definition) is 4. The lowest BCUT2D eigenvalue weighted by Crippen LogP contribution is -2.23. The molecule has 0 aliphatic heterocycles. The number of sulfonamides is 1. The van der Waals surface area contributed by atoms with Gasteiger partial charge in [0.1, 0.15) is 11.6 Å². The number of nitrogens with zero attached hydrogens (tertiary/aromatic N) is 1. The first kappa shape index (κ1) is 21.1. The van der Waals surface area contributed by atoms with E-state index in [0.717, 1.165) is 18.1 Å². The molecule has 2 aromatic carbocycles. The summed E-state index contributed by atoms with van der Waals surface area (Å²) in [5.41, 5.74) is 1.58. The van der Waals surface area contributed by atoms with Crippen LogP contribution in [0, 0.1) is 17.6 Å². The van der Waals surface area contributed by atoms with Crippen LogP contribution in [0.2, 0.25) is 0 Å². The SMILES string of the molecule is O=C(Nc1ccc(S(=O)(=O)NCc2ccc(F)cc2F)cc1)C1CC1c1ccncc1. The highest BCUT2D eigenvalue weighted by Gasteiger charge is 2.43. The molecule has 1 saturated carbocycles. The minimum Gasteiger partial charge on any atom is -0.326 e. The zero-order chi connectivity index (χ0) is 22.0. The van der Waals surface area contributed by atoms with Crippen LogP contribution in [-0.4, -0.2) is 19.3 Å². The van der Waals surface area contributed by atoms with Gasteiger partial charge < -0.3 is 5.32 Å². The normalized spacial score (nSPS) is 17.9. The van der Waals surface area contributed by atoms with Gasteiger partial charge in [-0.25, -0.2) is 21.9 Å². The molecule has 3 aromatic rings. The Morgan fingerprint density at radius 3 is 2.42 bits per heavy atom. The first-order chi connectivity index (χ1) is 14.8. The molecule has 1 fully saturated rings. The summed E-state index contributed by atoms with van der Waals surface area (Å²) in [6, 6.07) is 12.4. The predicted octanol–water partition coefficient (Wildman–Crippen LogP) is 3.58. The first-order valence-electron chi connectivity index (χ1n) is 9.58. The predicted molar refractivity (Wildman–Crippen MR) is 111 cm³/mol. The lowest BCUT2D eigenvalue weighted by molar-refractivity contribution is -0.117. The third kappa shape index (κ3) is 4.95. The average molecular weight is 443 g/mol. The molecule has 0 saturated heterocycles. The van der Waals surface area contributed by atoms with E-state index in [1.807, 2.05) is 12.1 Å². The average Bonchev–Trinajstić information content (AvgIpc) is 3.55. The van der Waals surface area contributed by atoms with E-state index < -0.39 is 21.7 Å². The van der Waals surface area contributed by atoms with Gasteiger partial charge in [0.05, 0.1) is 4.90 Å². The van der Waals surface area contributed by atoms with Gasteiger partial charge in [-0.3, -0.25) is 9.78 Å². The Labute approximate surface area is 178 Å². The van der Waals surface area contributed by atoms with Crippen LogP contribution in [0.25, 0.3) is 0 Å². The Morgan fingerprint density at radius 2 is 1.74 bits per heavy atom. The molecule has 1 aliphatic carbocycles. The molecule has 1 aromatic heterocycles. The number of benzene rings is 2. The molecule has 1 amide bonds. The number of carbonyl (C=O) groups is 1. The van der Waals surface area contributed by atoms with Crippen LogP contribution >= 0.6 is 0 Å². The van der Waals surface area contributed by atoms with Crippen LogP contribution in [0.1, 0.15) is 23.5 Å². The lowest BCUT2D eigenvalue weighted by Gasteiger charge is -2.09. The summed E-state index contributed by atoms with van der Waals surface area (Å²) in [6.45, 7) is -0.314. The Bertz CT molecular complexity index is 1200. The molecule has 160 valence electrons. The molecule has 0 bridgehead atoms. The number of hydrogen-bond donors (Lipinski definition) is 2. The van der Waals surface area contributed by atoms with Gasteiger partial charge in [-0.15, -0.1) is 0 Å². The van der Waals surface area contributed by atoms with Crippen LogP contribution in [-0.2, 0) is 21.4 Å². The highest BCUT2D eigenvalue weighted by atomic mass is 32.2. The second kappa shape index (κ2) is 8.52. The van der Waals surface area contributed by atoms with Crippen LogP contribution in [0.5, 0.6) is 0 Å². The van der Waals surface area contributed by atoms with Crippen LogP contribution in [0.15, 0.2) is 71.9 Å². The molecule has 2 atom stereocenters. The van der Waals surface area contributed by atoms with Crippen molar-refractivity contribution < 1.29 is 22.0 Å². The van der Waals surface area contributed by atoms with Crippen molar-refractivity contribution in [1.82, 2.24) is 9.71 Å². The van der Waals surface area contributed by atoms with Crippen molar-refractivity contribution in [3.63, 3.8) is 0 Å². The lowest BCUT2D eigenvalue weighted by atomic mass is 10.1. The second-order valence-corrected chi connectivity index (χ2v) is 9.07. The largest absolute Gasteiger partial charge is 0.326 e. The number of pyridine rings is 1. The van der Waals surface area contributed by atoms with Gasteiger partial charge in [0, 0.05) is 42.2 Å². The van der Waals surface area contributed by atoms with Crippen LogP contribution < -0.4 is 10.0 Å². The number of nitrogens with one attached hydrogen (secondary N) is 2. The number of rotatable bonds is 7. The van der Waals surface area contributed by atoms with E-state index in [9.17, 15) is 22.0 Å². The Morgan fingerprint density at radius 1 is 1.03 bits per heavy atom. The van der Waals surface area contributed by atoms with Gasteiger partial charge in [0.25, 0.3) is 0 Å². The minimum atomic E-state index is -3.91. The fourth-order valence-electron chi connectivity index (χ4n) is 3.34. The van der Waals surface area contributed by atoms with E-state index in [1.54, 1.807) is 12.4 Å². The quantitative estimate of drug-likeness (QED) is 0.584. The molecule has 1 heterocycles. The van der Waals surface area contributed by atoms with Crippen molar-refractivity contribution in [3.05, 3.63) is 89.8 Å². The van der Waals surface area contributed by atoms with E-state index >= 15 is 0 Å². The van der Waals surface area contributed by atoms with Crippen LogP contribution in [0.3, 0.4) is 0 Å². The second-order valence-electron chi connectivity index (χ2n) is 7.30. The van der Waals surface area contributed by atoms with E-state index in [2.05, 4.69) is 15.0 Å². The zero-order valence-corrected chi connectivity index (χ0v) is 17.1. The summed E-state index contributed by atoms with van der Waals surface area (Å²) >= 11 is 0. The van der Waals surface area contributed by atoms with Crippen LogP contribution in [0.4, 0.5) is 14.5 Å². The molecule has 31 heavy (non-hydrogen) atoms. The number of anilines is 1. The molecule has 0 radical (unpaired) electrons. The summed E-state index contributed by atoms with van der Waals surface area (Å²) in [7, 11) is -3.91. The van der Waals surface area contributed by atoms with Crippen molar-refractivity contribution in [2.45, 2.75) is 23.8 Å². The van der Waals surface area contributed by atoms with Crippen molar-refractivity contribution in [1.29, 1.82) is 0 Å². The van der Waals surface area contributed by atoms with Crippen molar-refractivity contribution in [3.8, 4) is 0 Å². The number of halogens is 2. The first-order valence-corrected chi connectivity index (χ1v) is 11.1. The summed E-state index contributed by atoms with van der Waals surface area (Å²) in [4.78, 5) is 16.4. The van der Waals surface area contributed by atoms with E-state index in [0.29, 0.717) is 11.8 Å². The monoisotopic (exact) mass is 443 g/mol. The highest BCUT2D eigenvalue weighted by Crippen LogP contribution is 2.47. The molecular weight excluding hydrogens is 424 g/mol. The minimum absolute atomic E-state index is 0.0297. The molecule has 2 N–H and O–H groups in total. The van der Waals surface area contributed by atoms with Gasteiger partial charge in [-0.1, -0.05) is 6.07 Å². The summed E-state index contributed by atoms with van der Waals surface area (Å²) < 4.78 is 53.8. The van der Waals surface area contributed by atoms with Gasteiger partial charge in [-0.2, -0.15) is 0 Å². The maximum atomic E-state index is 13.7. The fourth-order valence-corrected chi connectivity index (χ4v) is 4.34. The van der Waals surface area contributed by atoms with Crippen molar-refractivity contribution >= 4 is 21.6 Å². The van der Waals surface area contributed by atoms with Gasteiger partial charge in [0.15, 0.2) is 0 Å². The van der Waals surface area contributed by atoms with E-state index in [1.165, 1.54) is 30.3 Å². The summed E-state index contributed by atoms with van der Waals surface area (Å²) in [5, 5.41) is 2.80. The number of amides is 1. The van der Waals surface area contributed by atoms with Crippen molar-refractivity contribution in [2.75, 3.05) is 5.32 Å². The Kier molecular flexibility index (Phi) is 5.79. The van der Waals surface area contributed by atoms with Gasteiger partial charge in [-0.05, 0) is 60.4 Å². The summed E-state index contributed by atoms with van der Waals surface area (Å²) in [5.74, 6) is -1.65. The molecule has 9 heteroatoms. The molecule has 0 spiro atoms. The Hall–Kier alpha value is -3.17. The maximum absolute atomic E-state index is 13.7. The standard InChI is InChI=1S/C22H19F2N3O3S/c23-16-2-1-15(21(24)11-16)13-26-31(29,30)18-5-3-17(4-6-18)27-22(28)20-12-19(20)14-7-9-25-10-8-14/h1-11,19-20,26H,12-13H2,(H,27,28).